The Labute approximate surface area is 142 Å². The van der Waals surface area contributed by atoms with Gasteiger partial charge < -0.3 is 4.90 Å². The molecule has 120 valence electrons. The first-order valence-corrected chi connectivity index (χ1v) is 8.34. The van der Waals surface area contributed by atoms with Gasteiger partial charge in [0.05, 0.1) is 11.6 Å². The molecule has 0 N–H and O–H groups in total. The van der Waals surface area contributed by atoms with Crippen molar-refractivity contribution in [2.75, 3.05) is 18.0 Å². The largest absolute Gasteiger partial charge is 0.372 e. The van der Waals surface area contributed by atoms with Crippen molar-refractivity contribution in [3.05, 3.63) is 71.3 Å². The zero-order chi connectivity index (χ0) is 16.8. The van der Waals surface area contributed by atoms with Gasteiger partial charge in [0, 0.05) is 24.3 Å². The number of carbonyl (C=O) groups excluding carboxylic acids is 1. The number of benzene rings is 2. The SMILES string of the molecule is N#Cc1cccc(C(=O)C=Cc2ccc(N3CCCCC3)cc2)c1. The van der Waals surface area contributed by atoms with Gasteiger partial charge in [0.25, 0.3) is 0 Å². The lowest BCUT2D eigenvalue weighted by atomic mass is 10.1. The van der Waals surface area contributed by atoms with Crippen LogP contribution < -0.4 is 4.90 Å². The molecule has 1 aliphatic heterocycles. The minimum Gasteiger partial charge on any atom is -0.372 e. The molecule has 2 aromatic carbocycles. The van der Waals surface area contributed by atoms with Gasteiger partial charge in [-0.15, -0.1) is 0 Å². The van der Waals surface area contributed by atoms with Crippen LogP contribution in [0.3, 0.4) is 0 Å². The summed E-state index contributed by atoms with van der Waals surface area (Å²) >= 11 is 0. The van der Waals surface area contributed by atoms with E-state index in [-0.39, 0.29) is 5.78 Å². The molecule has 3 heteroatoms. The Balaban J connectivity index is 1.67. The van der Waals surface area contributed by atoms with E-state index in [9.17, 15) is 4.79 Å². The fraction of sp³-hybridized carbons (Fsp3) is 0.238. The molecule has 0 amide bonds. The number of nitriles is 1. The molecular weight excluding hydrogens is 296 g/mol. The summed E-state index contributed by atoms with van der Waals surface area (Å²) in [5.74, 6) is -0.0905. The highest BCUT2D eigenvalue weighted by molar-refractivity contribution is 6.07. The highest BCUT2D eigenvalue weighted by Crippen LogP contribution is 2.20. The Kier molecular flexibility index (Phi) is 5.08. The van der Waals surface area contributed by atoms with E-state index < -0.39 is 0 Å². The summed E-state index contributed by atoms with van der Waals surface area (Å²) in [5, 5.41) is 8.90. The van der Waals surface area contributed by atoms with E-state index >= 15 is 0 Å². The first kappa shape index (κ1) is 16.0. The van der Waals surface area contributed by atoms with Gasteiger partial charge in [0.1, 0.15) is 0 Å². The van der Waals surface area contributed by atoms with Crippen molar-refractivity contribution >= 4 is 17.5 Å². The van der Waals surface area contributed by atoms with Crippen LogP contribution in [0.1, 0.15) is 40.7 Å². The molecule has 0 spiro atoms. The summed E-state index contributed by atoms with van der Waals surface area (Å²) in [4.78, 5) is 14.6. The third kappa shape index (κ3) is 3.91. The number of allylic oxidation sites excluding steroid dienone is 1. The molecule has 1 heterocycles. The molecule has 0 radical (unpaired) electrons. The van der Waals surface area contributed by atoms with Crippen molar-refractivity contribution in [1.82, 2.24) is 0 Å². The maximum atomic E-state index is 12.2. The number of rotatable bonds is 4. The number of ketones is 1. The maximum Gasteiger partial charge on any atom is 0.185 e. The van der Waals surface area contributed by atoms with Gasteiger partial charge in [0.15, 0.2) is 5.78 Å². The van der Waals surface area contributed by atoms with Crippen molar-refractivity contribution < 1.29 is 4.79 Å². The second kappa shape index (κ2) is 7.61. The summed E-state index contributed by atoms with van der Waals surface area (Å²) in [6.07, 6.45) is 7.23. The summed E-state index contributed by atoms with van der Waals surface area (Å²) in [6.45, 7) is 2.26. The van der Waals surface area contributed by atoms with Crippen molar-refractivity contribution in [2.45, 2.75) is 19.3 Å². The van der Waals surface area contributed by atoms with Gasteiger partial charge >= 0.3 is 0 Å². The van der Waals surface area contributed by atoms with Crippen LogP contribution in [0.2, 0.25) is 0 Å². The third-order valence-electron chi connectivity index (χ3n) is 4.32. The highest BCUT2D eigenvalue weighted by Gasteiger charge is 2.10. The zero-order valence-corrected chi connectivity index (χ0v) is 13.6. The number of nitrogens with zero attached hydrogens (tertiary/aromatic N) is 2. The molecule has 0 bridgehead atoms. The molecule has 2 aromatic rings. The monoisotopic (exact) mass is 316 g/mol. The first-order chi connectivity index (χ1) is 11.8. The van der Waals surface area contributed by atoms with Gasteiger partial charge in [-0.3, -0.25) is 4.79 Å². The van der Waals surface area contributed by atoms with Crippen molar-refractivity contribution in [3.8, 4) is 6.07 Å². The van der Waals surface area contributed by atoms with Crippen LogP contribution in [-0.2, 0) is 0 Å². The molecule has 0 unspecified atom stereocenters. The lowest BCUT2D eigenvalue weighted by molar-refractivity contribution is 0.104. The van der Waals surface area contributed by atoms with Crippen molar-refractivity contribution in [2.24, 2.45) is 0 Å². The number of hydrogen-bond donors (Lipinski definition) is 0. The molecule has 3 nitrogen and oxygen atoms in total. The van der Waals surface area contributed by atoms with Gasteiger partial charge in [-0.25, -0.2) is 0 Å². The molecule has 24 heavy (non-hydrogen) atoms. The average Bonchev–Trinajstić information content (AvgIpc) is 2.67. The van der Waals surface area contributed by atoms with E-state index in [1.54, 1.807) is 30.3 Å². The van der Waals surface area contributed by atoms with Crippen LogP contribution in [0.4, 0.5) is 5.69 Å². The average molecular weight is 316 g/mol. The van der Waals surface area contributed by atoms with Crippen LogP contribution >= 0.6 is 0 Å². The summed E-state index contributed by atoms with van der Waals surface area (Å²) in [5.41, 5.74) is 3.29. The van der Waals surface area contributed by atoms with Crippen molar-refractivity contribution in [1.29, 1.82) is 5.26 Å². The van der Waals surface area contributed by atoms with Crippen LogP contribution in [0.15, 0.2) is 54.6 Å². The zero-order valence-electron chi connectivity index (χ0n) is 13.6. The molecule has 1 saturated heterocycles. The number of carbonyl (C=O) groups is 1. The van der Waals surface area contributed by atoms with E-state index in [0.29, 0.717) is 11.1 Å². The number of anilines is 1. The predicted molar refractivity (Wildman–Crippen MR) is 97.0 cm³/mol. The van der Waals surface area contributed by atoms with Gasteiger partial charge in [-0.1, -0.05) is 30.3 Å². The molecule has 0 saturated carbocycles. The van der Waals surface area contributed by atoms with Crippen LogP contribution in [0.5, 0.6) is 0 Å². The second-order valence-corrected chi connectivity index (χ2v) is 6.03. The molecule has 1 aliphatic rings. The van der Waals surface area contributed by atoms with Crippen LogP contribution in [-0.4, -0.2) is 18.9 Å². The van der Waals surface area contributed by atoms with Gasteiger partial charge in [-0.05, 0) is 55.2 Å². The standard InChI is InChI=1S/C21H20N2O/c22-16-18-5-4-6-19(15-18)21(24)12-9-17-7-10-20(11-8-17)23-13-2-1-3-14-23/h4-12,15H,1-3,13-14H2. The highest BCUT2D eigenvalue weighted by atomic mass is 16.1. The molecule has 0 aliphatic carbocycles. The third-order valence-corrected chi connectivity index (χ3v) is 4.32. The normalized spacial score (nSPS) is 14.5. The first-order valence-electron chi connectivity index (χ1n) is 8.34. The fourth-order valence-electron chi connectivity index (χ4n) is 2.96. The Morgan fingerprint density at radius 1 is 1.04 bits per heavy atom. The van der Waals surface area contributed by atoms with Gasteiger partial charge in [0.2, 0.25) is 0 Å². The summed E-state index contributed by atoms with van der Waals surface area (Å²) in [6, 6.07) is 17.1. The van der Waals surface area contributed by atoms with E-state index in [4.69, 9.17) is 5.26 Å². The smallest absolute Gasteiger partial charge is 0.185 e. The predicted octanol–water partition coefficient (Wildman–Crippen LogP) is 4.44. The Morgan fingerprint density at radius 2 is 1.79 bits per heavy atom. The van der Waals surface area contributed by atoms with Crippen LogP contribution in [0, 0.1) is 11.3 Å². The Hall–Kier alpha value is -2.86. The van der Waals surface area contributed by atoms with E-state index in [2.05, 4.69) is 23.1 Å². The molecule has 0 aromatic heterocycles. The summed E-state index contributed by atoms with van der Waals surface area (Å²) < 4.78 is 0. The lowest BCUT2D eigenvalue weighted by Crippen LogP contribution is -2.29. The number of piperidine rings is 1. The topological polar surface area (TPSA) is 44.1 Å². The lowest BCUT2D eigenvalue weighted by Gasteiger charge is -2.28. The molecular formula is C21H20N2O. The summed E-state index contributed by atoms with van der Waals surface area (Å²) in [7, 11) is 0. The van der Waals surface area contributed by atoms with E-state index in [0.717, 1.165) is 18.7 Å². The second-order valence-electron chi connectivity index (χ2n) is 6.03. The van der Waals surface area contributed by atoms with Gasteiger partial charge in [-0.2, -0.15) is 5.26 Å². The maximum absolute atomic E-state index is 12.2. The van der Waals surface area contributed by atoms with E-state index in [1.807, 2.05) is 18.2 Å². The van der Waals surface area contributed by atoms with Crippen molar-refractivity contribution in [3.63, 3.8) is 0 Å². The van der Waals surface area contributed by atoms with Crippen LogP contribution in [0.25, 0.3) is 6.08 Å². The Morgan fingerprint density at radius 3 is 2.50 bits per heavy atom. The molecule has 1 fully saturated rings. The minimum absolute atomic E-state index is 0.0905. The fourth-order valence-corrected chi connectivity index (χ4v) is 2.96. The minimum atomic E-state index is -0.0905. The van der Waals surface area contributed by atoms with E-state index in [1.165, 1.54) is 24.9 Å². The quantitative estimate of drug-likeness (QED) is 0.618. The molecule has 0 atom stereocenters. The number of hydrogen-bond acceptors (Lipinski definition) is 3. The molecule has 3 rings (SSSR count). The Bertz CT molecular complexity index is 778.